The predicted molar refractivity (Wildman–Crippen MR) is 43.5 cm³/mol. The molecule has 1 fully saturated rings. The summed E-state index contributed by atoms with van der Waals surface area (Å²) in [6, 6.07) is 0. The smallest absolute Gasteiger partial charge is 0.135 e. The fourth-order valence-corrected chi connectivity index (χ4v) is 1.44. The van der Waals surface area contributed by atoms with E-state index in [1.54, 1.807) is 0 Å². The average Bonchev–Trinajstić information content (AvgIpc) is 2.40. The number of ether oxygens (including phenoxy) is 1. The zero-order valence-corrected chi connectivity index (χ0v) is 7.14. The van der Waals surface area contributed by atoms with E-state index in [1.165, 1.54) is 0 Å². The third kappa shape index (κ3) is 3.02. The van der Waals surface area contributed by atoms with Crippen LogP contribution in [0.15, 0.2) is 0 Å². The van der Waals surface area contributed by atoms with Crippen molar-refractivity contribution >= 4 is 5.78 Å². The fraction of sp³-hybridized carbons (Fsp3) is 0.889. The highest BCUT2D eigenvalue weighted by atomic mass is 16.5. The van der Waals surface area contributed by atoms with Gasteiger partial charge < -0.3 is 4.74 Å². The quantitative estimate of drug-likeness (QED) is 0.621. The Morgan fingerprint density at radius 1 is 1.64 bits per heavy atom. The lowest BCUT2D eigenvalue weighted by atomic mass is 10.1. The second kappa shape index (κ2) is 4.50. The first kappa shape index (κ1) is 8.72. The molecule has 0 spiro atoms. The van der Waals surface area contributed by atoms with E-state index in [-0.39, 0.29) is 6.10 Å². The number of Topliss-reactive ketones (excluding diaryl/α,β-unsaturated/α-hetero) is 1. The summed E-state index contributed by atoms with van der Waals surface area (Å²) in [5, 5.41) is 0. The van der Waals surface area contributed by atoms with Crippen molar-refractivity contribution in [2.75, 3.05) is 6.61 Å². The second-order valence-electron chi connectivity index (χ2n) is 3.13. The molecule has 2 heteroatoms. The van der Waals surface area contributed by atoms with Crippen molar-refractivity contribution in [3.05, 3.63) is 0 Å². The Balaban J connectivity index is 2.13. The van der Waals surface area contributed by atoms with Gasteiger partial charge in [0.1, 0.15) is 5.78 Å². The Hall–Kier alpha value is -0.370. The van der Waals surface area contributed by atoms with E-state index in [4.69, 9.17) is 4.74 Å². The van der Waals surface area contributed by atoms with E-state index in [1.807, 2.05) is 6.92 Å². The van der Waals surface area contributed by atoms with Crippen LogP contribution in [-0.2, 0) is 9.53 Å². The molecule has 1 saturated heterocycles. The molecule has 0 N–H and O–H groups in total. The van der Waals surface area contributed by atoms with Crippen LogP contribution in [0.25, 0.3) is 0 Å². The van der Waals surface area contributed by atoms with Crippen LogP contribution in [0, 0.1) is 0 Å². The summed E-state index contributed by atoms with van der Waals surface area (Å²) in [6.45, 7) is 2.89. The first-order valence-electron chi connectivity index (χ1n) is 4.46. The number of carbonyl (C=O) groups is 1. The highest BCUT2D eigenvalue weighted by molar-refractivity contribution is 5.78. The summed E-state index contributed by atoms with van der Waals surface area (Å²) in [5.74, 6) is 0.361. The van der Waals surface area contributed by atoms with Gasteiger partial charge in [-0.1, -0.05) is 6.92 Å². The summed E-state index contributed by atoms with van der Waals surface area (Å²) >= 11 is 0. The van der Waals surface area contributed by atoms with Crippen molar-refractivity contribution in [3.8, 4) is 0 Å². The molecule has 2 nitrogen and oxygen atoms in total. The number of rotatable bonds is 4. The molecule has 0 radical (unpaired) electrons. The Bertz CT molecular complexity index is 126. The van der Waals surface area contributed by atoms with Crippen molar-refractivity contribution in [2.24, 2.45) is 0 Å². The molecule has 0 bridgehead atoms. The van der Waals surface area contributed by atoms with Crippen LogP contribution in [0.3, 0.4) is 0 Å². The van der Waals surface area contributed by atoms with Gasteiger partial charge in [-0.2, -0.15) is 0 Å². The number of hydrogen-bond donors (Lipinski definition) is 0. The van der Waals surface area contributed by atoms with Gasteiger partial charge in [-0.25, -0.2) is 0 Å². The Kier molecular flexibility index (Phi) is 3.57. The largest absolute Gasteiger partial charge is 0.378 e. The summed E-state index contributed by atoms with van der Waals surface area (Å²) < 4.78 is 5.35. The van der Waals surface area contributed by atoms with E-state index in [0.29, 0.717) is 12.2 Å². The maximum Gasteiger partial charge on any atom is 0.135 e. The lowest BCUT2D eigenvalue weighted by molar-refractivity contribution is -0.121. The van der Waals surface area contributed by atoms with E-state index in [2.05, 4.69) is 0 Å². The van der Waals surface area contributed by atoms with Crippen LogP contribution in [0.5, 0.6) is 0 Å². The van der Waals surface area contributed by atoms with Gasteiger partial charge in [0.05, 0.1) is 6.10 Å². The van der Waals surface area contributed by atoms with E-state index >= 15 is 0 Å². The zero-order valence-electron chi connectivity index (χ0n) is 7.14. The van der Waals surface area contributed by atoms with Crippen molar-refractivity contribution < 1.29 is 9.53 Å². The summed E-state index contributed by atoms with van der Waals surface area (Å²) in [5.41, 5.74) is 0. The van der Waals surface area contributed by atoms with Crippen LogP contribution >= 0.6 is 0 Å². The van der Waals surface area contributed by atoms with Crippen LogP contribution in [0.2, 0.25) is 0 Å². The topological polar surface area (TPSA) is 26.3 Å². The van der Waals surface area contributed by atoms with Crippen LogP contribution in [0.4, 0.5) is 0 Å². The lowest BCUT2D eigenvalue weighted by Crippen LogP contribution is -2.11. The molecule has 0 saturated carbocycles. The van der Waals surface area contributed by atoms with Crippen LogP contribution in [-0.4, -0.2) is 18.5 Å². The molecule has 0 aromatic heterocycles. The van der Waals surface area contributed by atoms with E-state index < -0.39 is 0 Å². The molecule has 1 aliphatic heterocycles. The highest BCUT2D eigenvalue weighted by Gasteiger charge is 2.17. The molecule has 1 atom stereocenters. The predicted octanol–water partition coefficient (Wildman–Crippen LogP) is 1.92. The van der Waals surface area contributed by atoms with Gasteiger partial charge in [0.15, 0.2) is 0 Å². The summed E-state index contributed by atoms with van der Waals surface area (Å²) in [6.07, 6.45) is 4.78. The molecular weight excluding hydrogens is 140 g/mol. The molecule has 1 aliphatic rings. The maximum absolute atomic E-state index is 11.1. The van der Waals surface area contributed by atoms with Gasteiger partial charge in [-0.05, 0) is 19.3 Å². The van der Waals surface area contributed by atoms with Gasteiger partial charge in [0.25, 0.3) is 0 Å². The van der Waals surface area contributed by atoms with E-state index in [0.717, 1.165) is 32.3 Å². The molecule has 11 heavy (non-hydrogen) atoms. The van der Waals surface area contributed by atoms with Crippen molar-refractivity contribution in [1.29, 1.82) is 0 Å². The first-order valence-corrected chi connectivity index (χ1v) is 4.46. The highest BCUT2D eigenvalue weighted by Crippen LogP contribution is 2.16. The molecule has 0 amide bonds. The SMILES string of the molecule is CCCC(=O)CC1CCCO1. The lowest BCUT2D eigenvalue weighted by Gasteiger charge is -2.06. The van der Waals surface area contributed by atoms with Crippen molar-refractivity contribution in [2.45, 2.75) is 45.1 Å². The molecule has 64 valence electrons. The van der Waals surface area contributed by atoms with Gasteiger partial charge >= 0.3 is 0 Å². The third-order valence-electron chi connectivity index (χ3n) is 2.01. The van der Waals surface area contributed by atoms with E-state index in [9.17, 15) is 4.79 Å². The number of carbonyl (C=O) groups excluding carboxylic acids is 1. The molecule has 0 aromatic rings. The molecular formula is C9H16O2. The average molecular weight is 156 g/mol. The number of ketones is 1. The summed E-state index contributed by atoms with van der Waals surface area (Å²) in [4.78, 5) is 11.1. The molecule has 1 heterocycles. The molecule has 1 rings (SSSR count). The Morgan fingerprint density at radius 3 is 3.00 bits per heavy atom. The minimum atomic E-state index is 0.244. The fourth-order valence-electron chi connectivity index (χ4n) is 1.44. The zero-order chi connectivity index (χ0) is 8.10. The number of hydrogen-bond acceptors (Lipinski definition) is 2. The summed E-state index contributed by atoms with van der Waals surface area (Å²) in [7, 11) is 0. The standard InChI is InChI=1S/C9H16O2/c1-2-4-8(10)7-9-5-3-6-11-9/h9H,2-7H2,1H3. The second-order valence-corrected chi connectivity index (χ2v) is 3.13. The van der Waals surface area contributed by atoms with Gasteiger partial charge in [-0.3, -0.25) is 4.79 Å². The maximum atomic E-state index is 11.1. The van der Waals surface area contributed by atoms with Gasteiger partial charge in [0.2, 0.25) is 0 Å². The van der Waals surface area contributed by atoms with Crippen LogP contribution < -0.4 is 0 Å². The monoisotopic (exact) mass is 156 g/mol. The molecule has 0 aliphatic carbocycles. The first-order chi connectivity index (χ1) is 5.33. The van der Waals surface area contributed by atoms with Crippen molar-refractivity contribution in [1.82, 2.24) is 0 Å². The minimum absolute atomic E-state index is 0.244. The third-order valence-corrected chi connectivity index (χ3v) is 2.01. The van der Waals surface area contributed by atoms with Gasteiger partial charge in [0, 0.05) is 19.4 Å². The molecule has 1 unspecified atom stereocenters. The normalized spacial score (nSPS) is 23.9. The van der Waals surface area contributed by atoms with Crippen molar-refractivity contribution in [3.63, 3.8) is 0 Å². The minimum Gasteiger partial charge on any atom is -0.378 e. The Morgan fingerprint density at radius 2 is 2.45 bits per heavy atom. The molecule has 0 aromatic carbocycles. The Labute approximate surface area is 67.9 Å². The van der Waals surface area contributed by atoms with Gasteiger partial charge in [-0.15, -0.1) is 0 Å². The van der Waals surface area contributed by atoms with Crippen LogP contribution in [0.1, 0.15) is 39.0 Å².